The van der Waals surface area contributed by atoms with E-state index in [9.17, 15) is 22.8 Å². The smallest absolute Gasteiger partial charge is 0.325 e. The molecule has 174 valence electrons. The summed E-state index contributed by atoms with van der Waals surface area (Å²) >= 11 is 1.12. The van der Waals surface area contributed by atoms with Gasteiger partial charge in [0.25, 0.3) is 0 Å². The molecule has 4 rings (SSSR count). The van der Waals surface area contributed by atoms with Crippen LogP contribution in [-0.2, 0) is 22.3 Å². The average Bonchev–Trinajstić information content (AvgIpc) is 2.82. The molecule has 1 unspecified atom stereocenters. The molecule has 9 heteroatoms. The van der Waals surface area contributed by atoms with Gasteiger partial charge in [-0.05, 0) is 42.0 Å². The minimum atomic E-state index is -4.46. The molecular formula is C25H20F3N3O2S. The molecule has 1 N–H and O–H groups in total. The number of para-hydroxylation sites is 1. The third-order valence-corrected chi connectivity index (χ3v) is 6.26. The highest BCUT2D eigenvalue weighted by Gasteiger charge is 2.36. The Kier molecular flexibility index (Phi) is 7.02. The van der Waals surface area contributed by atoms with Gasteiger partial charge in [0.2, 0.25) is 11.8 Å². The second-order valence-electron chi connectivity index (χ2n) is 7.57. The summed E-state index contributed by atoms with van der Waals surface area (Å²) in [5.41, 5.74) is 0.938. The van der Waals surface area contributed by atoms with Gasteiger partial charge in [0, 0.05) is 12.1 Å². The average molecular weight is 484 g/mol. The lowest BCUT2D eigenvalue weighted by Gasteiger charge is -2.32. The topological polar surface area (TPSA) is 61.8 Å². The van der Waals surface area contributed by atoms with Crippen molar-refractivity contribution in [1.82, 2.24) is 4.90 Å². The first-order valence-electron chi connectivity index (χ1n) is 10.4. The third kappa shape index (κ3) is 5.85. The summed E-state index contributed by atoms with van der Waals surface area (Å²) < 4.78 is 38.7. The van der Waals surface area contributed by atoms with Crippen molar-refractivity contribution >= 4 is 40.1 Å². The standard InChI is InChI=1S/C25H20F3N3O2S/c26-25(27,28)18-11-13-20(14-12-18)30-24-31(16-17-7-3-1-4-8-17)22(32)15-21(34-24)23(33)29-19-9-5-2-6-10-19/h1-14,21H,15-16H2,(H,29,33). The first-order chi connectivity index (χ1) is 16.3. The lowest BCUT2D eigenvalue weighted by Crippen LogP contribution is -2.44. The predicted molar refractivity (Wildman–Crippen MR) is 127 cm³/mol. The van der Waals surface area contributed by atoms with Crippen LogP contribution < -0.4 is 5.32 Å². The molecule has 0 spiro atoms. The fraction of sp³-hybridized carbons (Fsp3) is 0.160. The Morgan fingerprint density at radius 2 is 1.59 bits per heavy atom. The first-order valence-corrected chi connectivity index (χ1v) is 11.3. The van der Waals surface area contributed by atoms with Gasteiger partial charge in [-0.25, -0.2) is 4.99 Å². The highest BCUT2D eigenvalue weighted by Crippen LogP contribution is 2.33. The molecule has 1 atom stereocenters. The molecule has 0 aromatic heterocycles. The van der Waals surface area contributed by atoms with Crippen LogP contribution in [0.2, 0.25) is 0 Å². The van der Waals surface area contributed by atoms with E-state index in [0.717, 1.165) is 29.5 Å². The van der Waals surface area contributed by atoms with Gasteiger partial charge in [-0.1, -0.05) is 60.3 Å². The number of aliphatic imine (C=N–C) groups is 1. The molecule has 2 amide bonds. The molecule has 0 radical (unpaired) electrons. The molecule has 0 aliphatic carbocycles. The van der Waals surface area contributed by atoms with Gasteiger partial charge in [-0.2, -0.15) is 13.2 Å². The number of benzene rings is 3. The van der Waals surface area contributed by atoms with E-state index in [1.54, 1.807) is 24.3 Å². The zero-order valence-corrected chi connectivity index (χ0v) is 18.6. The van der Waals surface area contributed by atoms with Gasteiger partial charge in [0.1, 0.15) is 5.25 Å². The van der Waals surface area contributed by atoms with Crippen LogP contribution in [0.15, 0.2) is 89.9 Å². The molecule has 3 aromatic rings. The van der Waals surface area contributed by atoms with E-state index < -0.39 is 17.0 Å². The van der Waals surface area contributed by atoms with E-state index in [4.69, 9.17) is 0 Å². The van der Waals surface area contributed by atoms with Crippen LogP contribution in [0.4, 0.5) is 24.5 Å². The Balaban J connectivity index is 1.61. The van der Waals surface area contributed by atoms with Crippen LogP contribution in [0, 0.1) is 0 Å². The quantitative estimate of drug-likeness (QED) is 0.494. The second-order valence-corrected chi connectivity index (χ2v) is 8.74. The van der Waals surface area contributed by atoms with Crippen LogP contribution >= 0.6 is 11.8 Å². The second kappa shape index (κ2) is 10.1. The van der Waals surface area contributed by atoms with E-state index in [0.29, 0.717) is 5.69 Å². The number of anilines is 1. The summed E-state index contributed by atoms with van der Waals surface area (Å²) in [6, 6.07) is 22.5. The minimum Gasteiger partial charge on any atom is -0.325 e. The lowest BCUT2D eigenvalue weighted by atomic mass is 10.2. The molecule has 1 saturated heterocycles. The molecule has 1 fully saturated rings. The number of amides is 2. The zero-order chi connectivity index (χ0) is 24.1. The van der Waals surface area contributed by atoms with Crippen molar-refractivity contribution in [2.75, 3.05) is 5.32 Å². The maximum Gasteiger partial charge on any atom is 0.416 e. The summed E-state index contributed by atoms with van der Waals surface area (Å²) in [5, 5.41) is 2.32. The Labute approximate surface area is 198 Å². The van der Waals surface area contributed by atoms with E-state index in [1.165, 1.54) is 17.0 Å². The Hall–Kier alpha value is -3.59. The number of carbonyl (C=O) groups excluding carboxylic acids is 2. The number of alkyl halides is 3. The fourth-order valence-electron chi connectivity index (χ4n) is 3.34. The van der Waals surface area contributed by atoms with E-state index in [1.807, 2.05) is 36.4 Å². The molecule has 0 bridgehead atoms. The zero-order valence-electron chi connectivity index (χ0n) is 17.8. The number of rotatable bonds is 5. The van der Waals surface area contributed by atoms with Crippen molar-refractivity contribution in [2.24, 2.45) is 4.99 Å². The Bertz CT molecular complexity index is 1180. The van der Waals surface area contributed by atoms with Gasteiger partial charge in [-0.3, -0.25) is 14.5 Å². The number of halogens is 3. The van der Waals surface area contributed by atoms with Crippen LogP contribution in [0.25, 0.3) is 0 Å². The number of carbonyl (C=O) groups is 2. The van der Waals surface area contributed by atoms with Crippen LogP contribution in [-0.4, -0.2) is 27.1 Å². The van der Waals surface area contributed by atoms with Gasteiger partial charge < -0.3 is 5.32 Å². The molecular weight excluding hydrogens is 463 g/mol. The SMILES string of the molecule is O=C(Nc1ccccc1)C1CC(=O)N(Cc2ccccc2)C(=Nc2ccc(C(F)(F)F)cc2)S1. The molecule has 0 saturated carbocycles. The molecule has 1 aliphatic heterocycles. The largest absolute Gasteiger partial charge is 0.416 e. The van der Waals surface area contributed by atoms with Crippen molar-refractivity contribution in [3.05, 3.63) is 96.1 Å². The summed E-state index contributed by atoms with van der Waals surface area (Å²) in [6.45, 7) is 0.235. The van der Waals surface area contributed by atoms with Gasteiger partial charge in [0.15, 0.2) is 5.17 Å². The Morgan fingerprint density at radius 3 is 2.21 bits per heavy atom. The maximum atomic E-state index is 13.1. The van der Waals surface area contributed by atoms with Crippen molar-refractivity contribution < 1.29 is 22.8 Å². The molecule has 1 aliphatic rings. The van der Waals surface area contributed by atoms with Crippen LogP contribution in [0.1, 0.15) is 17.5 Å². The van der Waals surface area contributed by atoms with Crippen molar-refractivity contribution in [2.45, 2.75) is 24.4 Å². The van der Waals surface area contributed by atoms with Gasteiger partial charge in [0.05, 0.1) is 17.8 Å². The molecule has 34 heavy (non-hydrogen) atoms. The van der Waals surface area contributed by atoms with Crippen LogP contribution in [0.3, 0.4) is 0 Å². The lowest BCUT2D eigenvalue weighted by molar-refractivity contribution is -0.137. The monoisotopic (exact) mass is 483 g/mol. The normalized spacial score (nSPS) is 17.6. The fourth-order valence-corrected chi connectivity index (χ4v) is 4.44. The van der Waals surface area contributed by atoms with Gasteiger partial charge in [-0.15, -0.1) is 0 Å². The summed E-state index contributed by atoms with van der Waals surface area (Å²) in [6.07, 6.45) is -4.48. The Morgan fingerprint density at radius 1 is 0.971 bits per heavy atom. The number of hydrogen-bond donors (Lipinski definition) is 1. The maximum absolute atomic E-state index is 13.1. The minimum absolute atomic E-state index is 0.0256. The number of nitrogens with one attached hydrogen (secondary N) is 1. The van der Waals surface area contributed by atoms with Crippen molar-refractivity contribution in [3.63, 3.8) is 0 Å². The van der Waals surface area contributed by atoms with Gasteiger partial charge >= 0.3 is 6.18 Å². The molecule has 1 heterocycles. The van der Waals surface area contributed by atoms with E-state index in [-0.39, 0.29) is 35.6 Å². The highest BCUT2D eigenvalue weighted by atomic mass is 32.2. The summed E-state index contributed by atoms with van der Waals surface area (Å²) in [7, 11) is 0. The number of thioether (sulfide) groups is 1. The third-order valence-electron chi connectivity index (χ3n) is 5.08. The highest BCUT2D eigenvalue weighted by molar-refractivity contribution is 8.15. The molecule has 3 aromatic carbocycles. The number of hydrogen-bond acceptors (Lipinski definition) is 4. The summed E-state index contributed by atoms with van der Waals surface area (Å²) in [4.78, 5) is 31.8. The van der Waals surface area contributed by atoms with E-state index >= 15 is 0 Å². The first kappa shape index (κ1) is 23.6. The number of amidine groups is 1. The molecule has 5 nitrogen and oxygen atoms in total. The number of nitrogens with zero attached hydrogens (tertiary/aromatic N) is 2. The van der Waals surface area contributed by atoms with E-state index in [2.05, 4.69) is 10.3 Å². The van der Waals surface area contributed by atoms with Crippen LogP contribution in [0.5, 0.6) is 0 Å². The predicted octanol–water partition coefficient (Wildman–Crippen LogP) is 5.87. The van der Waals surface area contributed by atoms with Crippen molar-refractivity contribution in [1.29, 1.82) is 0 Å². The summed E-state index contributed by atoms with van der Waals surface area (Å²) in [5.74, 6) is -0.634. The van der Waals surface area contributed by atoms with Crippen molar-refractivity contribution in [3.8, 4) is 0 Å².